The first-order valence-electron chi connectivity index (χ1n) is 8.79. The molecular formula is C23H24O3. The molecule has 1 aliphatic rings. The Kier molecular flexibility index (Phi) is 5.57. The topological polar surface area (TPSA) is 35.5 Å². The fraction of sp³-hybridized carbons (Fsp3) is 0.261. The van der Waals surface area contributed by atoms with Crippen LogP contribution >= 0.6 is 0 Å². The first-order chi connectivity index (χ1) is 12.6. The summed E-state index contributed by atoms with van der Waals surface area (Å²) < 4.78 is 10.4. The van der Waals surface area contributed by atoms with E-state index in [1.54, 1.807) is 7.11 Å². The first kappa shape index (κ1) is 18.0. The lowest BCUT2D eigenvalue weighted by atomic mass is 9.78. The van der Waals surface area contributed by atoms with Crippen LogP contribution in [0.2, 0.25) is 0 Å². The van der Waals surface area contributed by atoms with Crippen molar-refractivity contribution < 1.29 is 14.3 Å². The molecule has 134 valence electrons. The molecule has 0 amide bonds. The number of fused-ring (bicyclic) bond motifs is 1. The van der Waals surface area contributed by atoms with Crippen LogP contribution in [-0.4, -0.2) is 20.2 Å². The van der Waals surface area contributed by atoms with Gasteiger partial charge in [-0.3, -0.25) is 4.79 Å². The molecule has 0 spiro atoms. The maximum atomic E-state index is 12.4. The minimum Gasteiger partial charge on any atom is -0.497 e. The van der Waals surface area contributed by atoms with Gasteiger partial charge in [0.2, 0.25) is 0 Å². The number of carbonyl (C=O) groups is 1. The standard InChI is InChI=1S/C23H24O3/c1-16-13-19(14-18-10-11-20(25-2)15-22(16)18)21(23(24)26-3)12-9-17-7-5-4-6-8-17/h4-13,15,19,21H,14H2,1-3H3/b12-9+/t19-,21-/m0/s1. The summed E-state index contributed by atoms with van der Waals surface area (Å²) in [5.74, 6) is 0.403. The molecule has 0 radical (unpaired) electrons. The van der Waals surface area contributed by atoms with Crippen LogP contribution in [0.15, 0.2) is 60.7 Å². The van der Waals surface area contributed by atoms with E-state index in [0.717, 1.165) is 23.3 Å². The normalized spacial score (nSPS) is 17.3. The van der Waals surface area contributed by atoms with Crippen molar-refractivity contribution >= 4 is 17.6 Å². The molecule has 1 aliphatic carbocycles. The Balaban J connectivity index is 1.90. The van der Waals surface area contributed by atoms with E-state index in [2.05, 4.69) is 25.1 Å². The van der Waals surface area contributed by atoms with Crippen molar-refractivity contribution in [1.29, 1.82) is 0 Å². The van der Waals surface area contributed by atoms with E-state index < -0.39 is 0 Å². The Bertz CT molecular complexity index is 834. The number of benzene rings is 2. The van der Waals surface area contributed by atoms with E-state index in [9.17, 15) is 4.79 Å². The van der Waals surface area contributed by atoms with E-state index in [-0.39, 0.29) is 17.8 Å². The number of esters is 1. The second-order valence-corrected chi connectivity index (χ2v) is 6.56. The second kappa shape index (κ2) is 8.05. The molecule has 0 aliphatic heterocycles. The third-order valence-corrected chi connectivity index (χ3v) is 4.89. The molecular weight excluding hydrogens is 324 g/mol. The highest BCUT2D eigenvalue weighted by Gasteiger charge is 2.29. The quantitative estimate of drug-likeness (QED) is 0.730. The van der Waals surface area contributed by atoms with E-state index >= 15 is 0 Å². The number of carbonyl (C=O) groups excluding carboxylic acids is 1. The van der Waals surface area contributed by atoms with Crippen molar-refractivity contribution in [2.45, 2.75) is 13.3 Å². The van der Waals surface area contributed by atoms with E-state index in [0.29, 0.717) is 0 Å². The average molecular weight is 348 g/mol. The van der Waals surface area contributed by atoms with Gasteiger partial charge in [0, 0.05) is 0 Å². The fourth-order valence-electron chi connectivity index (χ4n) is 3.49. The van der Waals surface area contributed by atoms with Gasteiger partial charge in [0.1, 0.15) is 5.75 Å². The van der Waals surface area contributed by atoms with Gasteiger partial charge in [-0.1, -0.05) is 54.6 Å². The van der Waals surface area contributed by atoms with Crippen LogP contribution in [0.3, 0.4) is 0 Å². The number of allylic oxidation sites excluding steroid dienone is 2. The highest BCUT2D eigenvalue weighted by atomic mass is 16.5. The van der Waals surface area contributed by atoms with E-state index in [1.165, 1.54) is 18.2 Å². The second-order valence-electron chi connectivity index (χ2n) is 6.56. The Morgan fingerprint density at radius 2 is 1.92 bits per heavy atom. The summed E-state index contributed by atoms with van der Waals surface area (Å²) in [6, 6.07) is 16.1. The van der Waals surface area contributed by atoms with E-state index in [1.807, 2.05) is 48.6 Å². The van der Waals surface area contributed by atoms with Crippen molar-refractivity contribution in [1.82, 2.24) is 0 Å². The lowest BCUT2D eigenvalue weighted by molar-refractivity contribution is -0.144. The van der Waals surface area contributed by atoms with Crippen molar-refractivity contribution in [3.63, 3.8) is 0 Å². The number of rotatable bonds is 5. The Morgan fingerprint density at radius 1 is 1.15 bits per heavy atom. The molecule has 26 heavy (non-hydrogen) atoms. The predicted octanol–water partition coefficient (Wildman–Crippen LogP) is 4.77. The summed E-state index contributed by atoms with van der Waals surface area (Å²) in [5, 5.41) is 0. The predicted molar refractivity (Wildman–Crippen MR) is 105 cm³/mol. The molecule has 0 fully saturated rings. The summed E-state index contributed by atoms with van der Waals surface area (Å²) in [7, 11) is 3.12. The molecule has 3 rings (SSSR count). The van der Waals surface area contributed by atoms with Gasteiger partial charge in [0.15, 0.2) is 0 Å². The van der Waals surface area contributed by atoms with Crippen LogP contribution in [0.25, 0.3) is 11.6 Å². The minimum absolute atomic E-state index is 0.0725. The zero-order valence-electron chi connectivity index (χ0n) is 15.4. The van der Waals surface area contributed by atoms with Crippen LogP contribution in [0.4, 0.5) is 0 Å². The molecule has 0 N–H and O–H groups in total. The molecule has 2 atom stereocenters. The molecule has 2 aromatic carbocycles. The zero-order chi connectivity index (χ0) is 18.5. The Labute approximate surface area is 155 Å². The third kappa shape index (κ3) is 3.88. The maximum Gasteiger partial charge on any atom is 0.313 e. The third-order valence-electron chi connectivity index (χ3n) is 4.89. The number of ether oxygens (including phenoxy) is 2. The Hall–Kier alpha value is -2.81. The average Bonchev–Trinajstić information content (AvgIpc) is 2.68. The Morgan fingerprint density at radius 3 is 2.62 bits per heavy atom. The van der Waals surface area contributed by atoms with Crippen molar-refractivity contribution in [3.05, 3.63) is 77.4 Å². The van der Waals surface area contributed by atoms with Gasteiger partial charge in [0.05, 0.1) is 20.1 Å². The fourth-order valence-corrected chi connectivity index (χ4v) is 3.49. The van der Waals surface area contributed by atoms with Gasteiger partial charge in [-0.05, 0) is 53.7 Å². The molecule has 0 bridgehead atoms. The van der Waals surface area contributed by atoms with Crippen molar-refractivity contribution in [2.24, 2.45) is 11.8 Å². The molecule has 0 saturated carbocycles. The monoisotopic (exact) mass is 348 g/mol. The zero-order valence-corrected chi connectivity index (χ0v) is 15.4. The van der Waals surface area contributed by atoms with Gasteiger partial charge in [-0.15, -0.1) is 0 Å². The van der Waals surface area contributed by atoms with Crippen LogP contribution in [0, 0.1) is 11.8 Å². The lowest BCUT2D eigenvalue weighted by Crippen LogP contribution is -2.26. The van der Waals surface area contributed by atoms with Gasteiger partial charge in [0.25, 0.3) is 0 Å². The number of hydrogen-bond donors (Lipinski definition) is 0. The first-order valence-corrected chi connectivity index (χ1v) is 8.79. The SMILES string of the molecule is COC(=O)[C@@H](/C=C/c1ccccc1)[C@H]1C=C(C)c2cc(OC)ccc2C1. The highest BCUT2D eigenvalue weighted by Crippen LogP contribution is 2.35. The molecule has 3 nitrogen and oxygen atoms in total. The summed E-state index contributed by atoms with van der Waals surface area (Å²) in [6.07, 6.45) is 6.94. The summed E-state index contributed by atoms with van der Waals surface area (Å²) in [5.41, 5.74) is 4.66. The number of hydrogen-bond acceptors (Lipinski definition) is 3. The van der Waals surface area contributed by atoms with Crippen molar-refractivity contribution in [3.8, 4) is 5.75 Å². The molecule has 0 heterocycles. The van der Waals surface area contributed by atoms with Gasteiger partial charge < -0.3 is 9.47 Å². The molecule has 0 unspecified atom stereocenters. The molecule has 0 saturated heterocycles. The molecule has 2 aromatic rings. The minimum atomic E-state index is -0.314. The van der Waals surface area contributed by atoms with Gasteiger partial charge in [-0.2, -0.15) is 0 Å². The summed E-state index contributed by atoms with van der Waals surface area (Å²) in [4.78, 5) is 12.4. The van der Waals surface area contributed by atoms with Crippen LogP contribution in [0.1, 0.15) is 23.6 Å². The lowest BCUT2D eigenvalue weighted by Gasteiger charge is -2.27. The van der Waals surface area contributed by atoms with Crippen LogP contribution < -0.4 is 4.74 Å². The highest BCUT2D eigenvalue weighted by molar-refractivity contribution is 5.78. The summed E-state index contributed by atoms with van der Waals surface area (Å²) in [6.45, 7) is 2.08. The van der Waals surface area contributed by atoms with Gasteiger partial charge in [-0.25, -0.2) is 0 Å². The van der Waals surface area contributed by atoms with E-state index in [4.69, 9.17) is 9.47 Å². The largest absolute Gasteiger partial charge is 0.497 e. The molecule has 3 heteroatoms. The molecule has 0 aromatic heterocycles. The maximum absolute atomic E-state index is 12.4. The van der Waals surface area contributed by atoms with Crippen LogP contribution in [-0.2, 0) is 16.0 Å². The summed E-state index contributed by atoms with van der Waals surface area (Å²) >= 11 is 0. The van der Waals surface area contributed by atoms with Crippen LogP contribution in [0.5, 0.6) is 5.75 Å². The smallest absolute Gasteiger partial charge is 0.313 e. The number of methoxy groups -OCH3 is 2. The van der Waals surface area contributed by atoms with Crippen molar-refractivity contribution in [2.75, 3.05) is 14.2 Å². The van der Waals surface area contributed by atoms with Gasteiger partial charge >= 0.3 is 5.97 Å².